The number of hydrogen-bond acceptors (Lipinski definition) is 5. The number of ether oxygens (including phenoxy) is 1. The van der Waals surface area contributed by atoms with Crippen LogP contribution in [0.2, 0.25) is 0 Å². The molecule has 2 aromatic rings. The van der Waals surface area contributed by atoms with Gasteiger partial charge < -0.3 is 15.2 Å². The van der Waals surface area contributed by atoms with E-state index in [4.69, 9.17) is 9.84 Å². The molecule has 0 saturated carbocycles. The van der Waals surface area contributed by atoms with E-state index in [9.17, 15) is 14.4 Å². The van der Waals surface area contributed by atoms with Gasteiger partial charge in [0.1, 0.15) is 0 Å². The molecule has 1 aromatic carbocycles. The molecule has 1 aromatic heterocycles. The smallest absolute Gasteiger partial charge is 0.334 e. The van der Waals surface area contributed by atoms with Gasteiger partial charge in [0.25, 0.3) is 11.5 Å². The predicted molar refractivity (Wildman–Crippen MR) is 91.6 cm³/mol. The zero-order chi connectivity index (χ0) is 18.6. The lowest BCUT2D eigenvalue weighted by Gasteiger charge is -2.14. The number of aromatic nitrogens is 2. The molecular formula is C17H21N3O5. The lowest BCUT2D eigenvalue weighted by molar-refractivity contribution is -0.148. The summed E-state index contributed by atoms with van der Waals surface area (Å²) in [6, 6.07) is 6.71. The third kappa shape index (κ3) is 4.21. The van der Waals surface area contributed by atoms with E-state index in [2.05, 4.69) is 10.4 Å². The van der Waals surface area contributed by atoms with Crippen LogP contribution in [0.4, 0.5) is 0 Å². The number of amides is 1. The van der Waals surface area contributed by atoms with Crippen LogP contribution in [0.5, 0.6) is 0 Å². The van der Waals surface area contributed by atoms with Gasteiger partial charge in [-0.15, -0.1) is 0 Å². The third-order valence-corrected chi connectivity index (χ3v) is 3.63. The standard InChI is InChI=1S/C17H21N3O5/c1-10(2)9-20-16(22)12-7-5-4-6-11(12)14(19-20)15(21)18-8-13(25-3)17(23)24/h4-7,10,13H,8-9H2,1-3H3,(H,18,21)(H,23,24). The molecule has 0 bridgehead atoms. The maximum Gasteiger partial charge on any atom is 0.334 e. The Morgan fingerprint density at radius 3 is 2.48 bits per heavy atom. The summed E-state index contributed by atoms with van der Waals surface area (Å²) in [4.78, 5) is 36.0. The highest BCUT2D eigenvalue weighted by molar-refractivity contribution is 6.04. The maximum atomic E-state index is 12.5. The minimum absolute atomic E-state index is 0.0797. The first kappa shape index (κ1) is 18.6. The first-order valence-electron chi connectivity index (χ1n) is 7.88. The molecule has 2 N–H and O–H groups in total. The summed E-state index contributed by atoms with van der Waals surface area (Å²) in [5.74, 6) is -1.56. The first-order valence-corrected chi connectivity index (χ1v) is 7.88. The van der Waals surface area contributed by atoms with Gasteiger partial charge in [0.05, 0.1) is 11.9 Å². The third-order valence-electron chi connectivity index (χ3n) is 3.63. The second-order valence-electron chi connectivity index (χ2n) is 6.05. The van der Waals surface area contributed by atoms with Crippen molar-refractivity contribution in [2.24, 2.45) is 5.92 Å². The van der Waals surface area contributed by atoms with E-state index < -0.39 is 18.0 Å². The number of rotatable bonds is 7. The van der Waals surface area contributed by atoms with Crippen molar-refractivity contribution >= 4 is 22.6 Å². The van der Waals surface area contributed by atoms with Crippen LogP contribution in [-0.2, 0) is 16.1 Å². The van der Waals surface area contributed by atoms with E-state index in [1.807, 2.05) is 13.8 Å². The summed E-state index contributed by atoms with van der Waals surface area (Å²) in [7, 11) is 1.25. The molecule has 25 heavy (non-hydrogen) atoms. The van der Waals surface area contributed by atoms with Crippen LogP contribution in [0, 0.1) is 5.92 Å². The van der Waals surface area contributed by atoms with E-state index in [1.54, 1.807) is 24.3 Å². The number of benzene rings is 1. The molecule has 1 atom stereocenters. The number of nitrogens with one attached hydrogen (secondary N) is 1. The predicted octanol–water partition coefficient (Wildman–Crippen LogP) is 0.882. The number of carbonyl (C=O) groups excluding carboxylic acids is 1. The maximum absolute atomic E-state index is 12.5. The molecule has 1 unspecified atom stereocenters. The minimum Gasteiger partial charge on any atom is -0.479 e. The quantitative estimate of drug-likeness (QED) is 0.769. The highest BCUT2D eigenvalue weighted by Gasteiger charge is 2.21. The molecule has 0 aliphatic heterocycles. The van der Waals surface area contributed by atoms with Crippen molar-refractivity contribution in [3.05, 3.63) is 40.3 Å². The van der Waals surface area contributed by atoms with Crippen molar-refractivity contribution < 1.29 is 19.4 Å². The Bertz CT molecular complexity index is 844. The van der Waals surface area contributed by atoms with Gasteiger partial charge in [-0.1, -0.05) is 32.0 Å². The topological polar surface area (TPSA) is 111 Å². The fourth-order valence-electron chi connectivity index (χ4n) is 2.41. The monoisotopic (exact) mass is 347 g/mol. The molecule has 1 amide bonds. The molecule has 0 saturated heterocycles. The second-order valence-corrected chi connectivity index (χ2v) is 6.05. The van der Waals surface area contributed by atoms with Crippen LogP contribution in [0.25, 0.3) is 10.8 Å². The van der Waals surface area contributed by atoms with E-state index in [0.717, 1.165) is 0 Å². The van der Waals surface area contributed by atoms with Gasteiger partial charge in [-0.25, -0.2) is 9.48 Å². The molecule has 2 rings (SSSR count). The van der Waals surface area contributed by atoms with E-state index in [-0.39, 0.29) is 23.7 Å². The van der Waals surface area contributed by atoms with Crippen LogP contribution >= 0.6 is 0 Å². The normalized spacial score (nSPS) is 12.3. The van der Waals surface area contributed by atoms with Gasteiger partial charge in [-0.05, 0) is 12.0 Å². The molecule has 134 valence electrons. The Labute approximate surface area is 144 Å². The van der Waals surface area contributed by atoms with Crippen LogP contribution < -0.4 is 10.9 Å². The number of methoxy groups -OCH3 is 1. The molecule has 0 fully saturated rings. The van der Waals surface area contributed by atoms with E-state index in [0.29, 0.717) is 17.3 Å². The lowest BCUT2D eigenvalue weighted by atomic mass is 10.1. The van der Waals surface area contributed by atoms with Gasteiger partial charge in [-0.2, -0.15) is 5.10 Å². The van der Waals surface area contributed by atoms with Gasteiger partial charge in [0.15, 0.2) is 11.8 Å². The van der Waals surface area contributed by atoms with Crippen molar-refractivity contribution in [2.45, 2.75) is 26.5 Å². The fraction of sp³-hybridized carbons (Fsp3) is 0.412. The summed E-state index contributed by atoms with van der Waals surface area (Å²) in [5, 5.41) is 16.5. The molecule has 0 spiro atoms. The highest BCUT2D eigenvalue weighted by atomic mass is 16.5. The summed E-state index contributed by atoms with van der Waals surface area (Å²) in [6.07, 6.45) is -1.16. The fourth-order valence-corrected chi connectivity index (χ4v) is 2.41. The van der Waals surface area contributed by atoms with Gasteiger partial charge >= 0.3 is 5.97 Å². The van der Waals surface area contributed by atoms with Crippen LogP contribution in [0.1, 0.15) is 24.3 Å². The number of hydrogen-bond donors (Lipinski definition) is 2. The van der Waals surface area contributed by atoms with Crippen LogP contribution in [-0.4, -0.2) is 46.5 Å². The Kier molecular flexibility index (Phi) is 5.87. The number of fused-ring (bicyclic) bond motifs is 1. The Morgan fingerprint density at radius 2 is 1.92 bits per heavy atom. The molecule has 0 aliphatic carbocycles. The highest BCUT2D eigenvalue weighted by Crippen LogP contribution is 2.13. The minimum atomic E-state index is -1.18. The Morgan fingerprint density at radius 1 is 1.28 bits per heavy atom. The average molecular weight is 347 g/mol. The van der Waals surface area contributed by atoms with E-state index in [1.165, 1.54) is 11.8 Å². The molecule has 8 heteroatoms. The Hall–Kier alpha value is -2.74. The molecule has 0 radical (unpaired) electrons. The molecule has 1 heterocycles. The molecule has 0 aliphatic rings. The zero-order valence-electron chi connectivity index (χ0n) is 14.4. The summed E-state index contributed by atoms with van der Waals surface area (Å²) < 4.78 is 6.06. The van der Waals surface area contributed by atoms with Crippen molar-refractivity contribution in [1.82, 2.24) is 15.1 Å². The average Bonchev–Trinajstić information content (AvgIpc) is 2.57. The number of aliphatic carboxylic acids is 1. The van der Waals surface area contributed by atoms with Gasteiger partial charge in [0, 0.05) is 19.0 Å². The number of carboxylic acid groups (broad SMARTS) is 1. The summed E-state index contributed by atoms with van der Waals surface area (Å²) in [6.45, 7) is 4.06. The van der Waals surface area contributed by atoms with Crippen molar-refractivity contribution in [2.75, 3.05) is 13.7 Å². The first-order chi connectivity index (χ1) is 11.8. The summed E-state index contributed by atoms with van der Waals surface area (Å²) in [5.41, 5.74) is -0.183. The van der Waals surface area contributed by atoms with E-state index >= 15 is 0 Å². The second kappa shape index (κ2) is 7.89. The zero-order valence-corrected chi connectivity index (χ0v) is 14.4. The molecule has 8 nitrogen and oxygen atoms in total. The largest absolute Gasteiger partial charge is 0.479 e. The lowest BCUT2D eigenvalue weighted by Crippen LogP contribution is -2.39. The van der Waals surface area contributed by atoms with Crippen molar-refractivity contribution in [3.63, 3.8) is 0 Å². The van der Waals surface area contributed by atoms with Gasteiger partial charge in [-0.3, -0.25) is 9.59 Å². The SMILES string of the molecule is COC(CNC(=O)c1nn(CC(C)C)c(=O)c2ccccc12)C(=O)O. The summed E-state index contributed by atoms with van der Waals surface area (Å²) >= 11 is 0. The number of carboxylic acids is 1. The van der Waals surface area contributed by atoms with Gasteiger partial charge in [0.2, 0.25) is 0 Å². The van der Waals surface area contributed by atoms with Crippen LogP contribution in [0.15, 0.2) is 29.1 Å². The molecular weight excluding hydrogens is 326 g/mol. The number of nitrogens with zero attached hydrogens (tertiary/aromatic N) is 2. The Balaban J connectivity index is 2.42. The number of carbonyl (C=O) groups is 2. The van der Waals surface area contributed by atoms with Crippen molar-refractivity contribution in [3.8, 4) is 0 Å². The van der Waals surface area contributed by atoms with Crippen molar-refractivity contribution in [1.29, 1.82) is 0 Å². The van der Waals surface area contributed by atoms with Crippen LogP contribution in [0.3, 0.4) is 0 Å².